The van der Waals surface area contributed by atoms with E-state index in [0.29, 0.717) is 12.4 Å². The highest BCUT2D eigenvalue weighted by atomic mass is 19.1. The van der Waals surface area contributed by atoms with E-state index in [2.05, 4.69) is 0 Å². The molecule has 1 spiro atoms. The van der Waals surface area contributed by atoms with Gasteiger partial charge in [0.2, 0.25) is 0 Å². The van der Waals surface area contributed by atoms with Gasteiger partial charge in [-0.25, -0.2) is 8.78 Å². The Balaban J connectivity index is 1.65. The topological polar surface area (TPSA) is 38.7 Å². The lowest BCUT2D eigenvalue weighted by Crippen LogP contribution is -2.34. The number of rotatable bonds is 5. The van der Waals surface area contributed by atoms with Gasteiger partial charge in [-0.1, -0.05) is 12.1 Å². The van der Waals surface area contributed by atoms with Crippen molar-refractivity contribution >= 4 is 0 Å². The van der Waals surface area contributed by atoms with Crippen LogP contribution < -0.4 is 4.74 Å². The van der Waals surface area contributed by atoms with Crippen molar-refractivity contribution in [1.82, 2.24) is 0 Å². The molecule has 1 saturated heterocycles. The van der Waals surface area contributed by atoms with Crippen LogP contribution in [0.1, 0.15) is 56.1 Å². The summed E-state index contributed by atoms with van der Waals surface area (Å²) in [7, 11) is 0. The normalized spacial score (nSPS) is 29.1. The number of benzene rings is 2. The Bertz CT molecular complexity index is 852. The number of hydrogen-bond donors (Lipinski definition) is 1. The summed E-state index contributed by atoms with van der Waals surface area (Å²) >= 11 is 0. The molecule has 2 aliphatic rings. The van der Waals surface area contributed by atoms with E-state index in [9.17, 15) is 13.9 Å². The number of aliphatic hydroxyl groups is 1. The van der Waals surface area contributed by atoms with E-state index in [-0.39, 0.29) is 42.1 Å². The van der Waals surface area contributed by atoms with E-state index in [1.54, 1.807) is 24.3 Å². The van der Waals surface area contributed by atoms with Gasteiger partial charge in [0.1, 0.15) is 17.4 Å². The SMILES string of the molecule is CC(C)Oc1ccc(F)cc1[C@H]1CO[C@]2(CC[C@H](CO)[C@H]2c2ccc(F)cc2)C1. The smallest absolute Gasteiger partial charge is 0.123 e. The highest BCUT2D eigenvalue weighted by Crippen LogP contribution is 2.56. The number of halogens is 2. The first-order valence-electron chi connectivity index (χ1n) is 10.4. The van der Waals surface area contributed by atoms with Crippen LogP contribution in [0.2, 0.25) is 0 Å². The molecule has 0 radical (unpaired) electrons. The van der Waals surface area contributed by atoms with Crippen LogP contribution in [0.4, 0.5) is 8.78 Å². The van der Waals surface area contributed by atoms with E-state index in [4.69, 9.17) is 9.47 Å². The molecule has 1 N–H and O–H groups in total. The van der Waals surface area contributed by atoms with Crippen LogP contribution in [0.25, 0.3) is 0 Å². The van der Waals surface area contributed by atoms with Gasteiger partial charge in [0.15, 0.2) is 0 Å². The lowest BCUT2D eigenvalue weighted by molar-refractivity contribution is -0.0122. The van der Waals surface area contributed by atoms with Crippen molar-refractivity contribution in [3.8, 4) is 5.75 Å². The van der Waals surface area contributed by atoms with Gasteiger partial charge < -0.3 is 14.6 Å². The summed E-state index contributed by atoms with van der Waals surface area (Å²) in [5, 5.41) is 9.96. The van der Waals surface area contributed by atoms with E-state index < -0.39 is 5.60 Å². The third-order valence-electron chi connectivity index (χ3n) is 6.38. The number of ether oxygens (including phenoxy) is 2. The zero-order valence-electron chi connectivity index (χ0n) is 16.9. The largest absolute Gasteiger partial charge is 0.491 e. The molecular formula is C24H28F2O3. The minimum Gasteiger partial charge on any atom is -0.491 e. The monoisotopic (exact) mass is 402 g/mol. The molecule has 5 heteroatoms. The van der Waals surface area contributed by atoms with Crippen molar-refractivity contribution in [2.24, 2.45) is 5.92 Å². The van der Waals surface area contributed by atoms with Crippen molar-refractivity contribution in [2.75, 3.05) is 13.2 Å². The molecule has 4 atom stereocenters. The summed E-state index contributed by atoms with van der Waals surface area (Å²) < 4.78 is 39.8. The predicted octanol–water partition coefficient (Wildman–Crippen LogP) is 5.18. The van der Waals surface area contributed by atoms with E-state index >= 15 is 0 Å². The van der Waals surface area contributed by atoms with Crippen LogP contribution in [0.15, 0.2) is 42.5 Å². The van der Waals surface area contributed by atoms with E-state index in [1.807, 2.05) is 13.8 Å². The van der Waals surface area contributed by atoms with E-state index in [1.165, 1.54) is 18.2 Å². The molecule has 156 valence electrons. The molecule has 0 unspecified atom stereocenters. The van der Waals surface area contributed by atoms with Gasteiger partial charge in [-0.05, 0) is 74.9 Å². The van der Waals surface area contributed by atoms with Crippen LogP contribution >= 0.6 is 0 Å². The lowest BCUT2D eigenvalue weighted by atomic mass is 9.76. The minimum absolute atomic E-state index is 0.00675. The molecule has 0 aromatic heterocycles. The zero-order chi connectivity index (χ0) is 20.6. The van der Waals surface area contributed by atoms with Crippen LogP contribution in [0.5, 0.6) is 5.75 Å². The Labute approximate surface area is 170 Å². The van der Waals surface area contributed by atoms with Gasteiger partial charge in [-0.3, -0.25) is 0 Å². The Morgan fingerprint density at radius 2 is 1.86 bits per heavy atom. The molecule has 0 amide bonds. The fourth-order valence-electron chi connectivity index (χ4n) is 5.22. The first-order valence-corrected chi connectivity index (χ1v) is 10.4. The molecule has 3 nitrogen and oxygen atoms in total. The average Bonchev–Trinajstić information content (AvgIpc) is 3.28. The predicted molar refractivity (Wildman–Crippen MR) is 107 cm³/mol. The fraction of sp³-hybridized carbons (Fsp3) is 0.500. The van der Waals surface area contributed by atoms with Crippen molar-refractivity contribution in [3.63, 3.8) is 0 Å². The molecule has 4 rings (SSSR count). The summed E-state index contributed by atoms with van der Waals surface area (Å²) in [6.45, 7) is 4.45. The Kier molecular flexibility index (Phi) is 5.63. The zero-order valence-corrected chi connectivity index (χ0v) is 16.9. The highest BCUT2D eigenvalue weighted by molar-refractivity contribution is 5.39. The van der Waals surface area contributed by atoms with Crippen molar-refractivity contribution < 1.29 is 23.4 Å². The van der Waals surface area contributed by atoms with Crippen molar-refractivity contribution in [3.05, 3.63) is 65.2 Å². The van der Waals surface area contributed by atoms with Gasteiger partial charge >= 0.3 is 0 Å². The van der Waals surface area contributed by atoms with Crippen molar-refractivity contribution in [1.29, 1.82) is 0 Å². The fourth-order valence-corrected chi connectivity index (χ4v) is 5.22. The third-order valence-corrected chi connectivity index (χ3v) is 6.38. The number of aliphatic hydroxyl groups excluding tert-OH is 1. The maximum atomic E-state index is 14.0. The summed E-state index contributed by atoms with van der Waals surface area (Å²) in [5.41, 5.74) is 1.39. The second-order valence-corrected chi connectivity index (χ2v) is 8.64. The second-order valence-electron chi connectivity index (χ2n) is 8.64. The summed E-state index contributed by atoms with van der Waals surface area (Å²) in [5.74, 6) is 0.203. The second kappa shape index (κ2) is 8.04. The molecule has 2 aromatic rings. The maximum Gasteiger partial charge on any atom is 0.123 e. The first kappa shape index (κ1) is 20.3. The molecule has 1 heterocycles. The molecule has 1 aliphatic carbocycles. The van der Waals surface area contributed by atoms with E-state index in [0.717, 1.165) is 30.4 Å². The molecule has 29 heavy (non-hydrogen) atoms. The third kappa shape index (κ3) is 3.90. The minimum atomic E-state index is -0.433. The Morgan fingerprint density at radius 1 is 1.14 bits per heavy atom. The number of hydrogen-bond acceptors (Lipinski definition) is 3. The molecule has 1 aliphatic heterocycles. The summed E-state index contributed by atoms with van der Waals surface area (Å²) in [6, 6.07) is 11.2. The first-order chi connectivity index (χ1) is 13.9. The maximum absolute atomic E-state index is 14.0. The summed E-state index contributed by atoms with van der Waals surface area (Å²) in [4.78, 5) is 0. The van der Waals surface area contributed by atoms with Gasteiger partial charge in [0.25, 0.3) is 0 Å². The molecule has 2 aromatic carbocycles. The Hall–Kier alpha value is -1.98. The van der Waals surface area contributed by atoms with Crippen LogP contribution in [-0.2, 0) is 4.74 Å². The highest BCUT2D eigenvalue weighted by Gasteiger charge is 2.54. The van der Waals surface area contributed by atoms with Crippen molar-refractivity contribution in [2.45, 2.75) is 56.7 Å². The van der Waals surface area contributed by atoms with Gasteiger partial charge in [0, 0.05) is 24.0 Å². The Morgan fingerprint density at radius 3 is 2.55 bits per heavy atom. The molecular weight excluding hydrogens is 374 g/mol. The lowest BCUT2D eigenvalue weighted by Gasteiger charge is -2.33. The summed E-state index contributed by atoms with van der Waals surface area (Å²) in [6.07, 6.45) is 2.40. The van der Waals surface area contributed by atoms with Gasteiger partial charge in [-0.2, -0.15) is 0 Å². The average molecular weight is 402 g/mol. The quantitative estimate of drug-likeness (QED) is 0.749. The van der Waals surface area contributed by atoms with Crippen LogP contribution in [-0.4, -0.2) is 30.0 Å². The van der Waals surface area contributed by atoms with Gasteiger partial charge in [0.05, 0.1) is 18.3 Å². The van der Waals surface area contributed by atoms with Gasteiger partial charge in [-0.15, -0.1) is 0 Å². The molecule has 0 bridgehead atoms. The molecule has 2 fully saturated rings. The van der Waals surface area contributed by atoms with Crippen LogP contribution in [0, 0.1) is 17.6 Å². The standard InChI is InChI=1S/C24H28F2O3/c1-15(2)29-22-8-7-20(26)11-21(22)18-12-24(28-14-18)10-9-17(13-27)23(24)16-3-5-19(25)6-4-16/h3-8,11,15,17-18,23,27H,9-10,12-14H2,1-2H3/t17-,18-,23-,24-/m1/s1. The molecule has 1 saturated carbocycles. The van der Waals surface area contributed by atoms with Crippen LogP contribution in [0.3, 0.4) is 0 Å².